The summed E-state index contributed by atoms with van der Waals surface area (Å²) in [5.41, 5.74) is -0.135. The summed E-state index contributed by atoms with van der Waals surface area (Å²) in [7, 11) is 0. The van der Waals surface area contributed by atoms with E-state index in [0.717, 1.165) is 11.1 Å². The quantitative estimate of drug-likeness (QED) is 0.559. The fourth-order valence-corrected chi connectivity index (χ4v) is 4.35. The summed E-state index contributed by atoms with van der Waals surface area (Å²) >= 11 is 0. The summed E-state index contributed by atoms with van der Waals surface area (Å²) in [6.45, 7) is 2.86. The molecule has 0 radical (unpaired) electrons. The third kappa shape index (κ3) is 5.29. The Labute approximate surface area is 197 Å². The third-order valence-corrected chi connectivity index (χ3v) is 6.03. The topological polar surface area (TPSA) is 124 Å². The van der Waals surface area contributed by atoms with E-state index in [1.807, 2.05) is 60.7 Å². The summed E-state index contributed by atoms with van der Waals surface area (Å²) in [5.74, 6) is -1.60. The van der Waals surface area contributed by atoms with Gasteiger partial charge in [-0.2, -0.15) is 0 Å². The molecule has 0 saturated carbocycles. The molecular formula is C25H29NO8. The fourth-order valence-electron chi connectivity index (χ4n) is 4.35. The molecule has 2 saturated heterocycles. The molecule has 7 atom stereocenters. The molecule has 0 spiro atoms. The van der Waals surface area contributed by atoms with Crippen LogP contribution in [-0.2, 0) is 35.0 Å². The van der Waals surface area contributed by atoms with Crippen molar-refractivity contribution in [3.8, 4) is 0 Å². The fraction of sp³-hybridized carbons (Fsp3) is 0.440. The van der Waals surface area contributed by atoms with Crippen LogP contribution in [0.5, 0.6) is 0 Å². The van der Waals surface area contributed by atoms with Crippen molar-refractivity contribution in [2.45, 2.75) is 62.8 Å². The number of carbonyl (C=O) groups is 2. The van der Waals surface area contributed by atoms with E-state index >= 15 is 0 Å². The van der Waals surface area contributed by atoms with Crippen molar-refractivity contribution in [3.05, 3.63) is 71.8 Å². The van der Waals surface area contributed by atoms with E-state index in [0.29, 0.717) is 0 Å². The zero-order valence-electron chi connectivity index (χ0n) is 19.0. The molecule has 2 fully saturated rings. The first-order valence-electron chi connectivity index (χ1n) is 11.1. The molecule has 1 amide bonds. The van der Waals surface area contributed by atoms with Crippen LogP contribution in [0.4, 0.5) is 0 Å². The summed E-state index contributed by atoms with van der Waals surface area (Å²) < 4.78 is 23.9. The zero-order chi connectivity index (χ0) is 24.3. The monoisotopic (exact) mass is 471 g/mol. The summed E-state index contributed by atoms with van der Waals surface area (Å²) in [5, 5.41) is 23.4. The predicted octanol–water partition coefficient (Wildman–Crippen LogP) is 1.79. The first-order chi connectivity index (χ1) is 16.3. The van der Waals surface area contributed by atoms with Crippen LogP contribution in [-0.4, -0.2) is 64.9 Å². The van der Waals surface area contributed by atoms with Crippen molar-refractivity contribution in [3.63, 3.8) is 0 Å². The van der Waals surface area contributed by atoms with Crippen molar-refractivity contribution in [2.75, 3.05) is 6.61 Å². The Kier molecular flexibility index (Phi) is 7.30. The highest BCUT2D eigenvalue weighted by molar-refractivity contribution is 5.77. The Morgan fingerprint density at radius 1 is 1.09 bits per heavy atom. The molecule has 2 aliphatic heterocycles. The van der Waals surface area contributed by atoms with E-state index in [1.165, 1.54) is 13.8 Å². The molecule has 0 aromatic heterocycles. The average Bonchev–Trinajstić information content (AvgIpc) is 2.82. The van der Waals surface area contributed by atoms with Gasteiger partial charge < -0.3 is 34.5 Å². The van der Waals surface area contributed by atoms with Gasteiger partial charge in [-0.3, -0.25) is 4.79 Å². The zero-order valence-corrected chi connectivity index (χ0v) is 19.0. The smallest absolute Gasteiger partial charge is 0.336 e. The first kappa shape index (κ1) is 24.3. The van der Waals surface area contributed by atoms with Crippen molar-refractivity contribution < 1.29 is 38.7 Å². The second-order valence-corrected chi connectivity index (χ2v) is 8.75. The number of hydrogen-bond donors (Lipinski definition) is 3. The van der Waals surface area contributed by atoms with Gasteiger partial charge >= 0.3 is 5.97 Å². The number of ether oxygens (including phenoxy) is 4. The van der Waals surface area contributed by atoms with E-state index in [-0.39, 0.29) is 13.0 Å². The Bertz CT molecular complexity index is 987. The van der Waals surface area contributed by atoms with Crippen LogP contribution in [0.1, 0.15) is 31.3 Å². The van der Waals surface area contributed by atoms with Crippen molar-refractivity contribution >= 4 is 11.9 Å². The van der Waals surface area contributed by atoms with E-state index in [9.17, 15) is 19.8 Å². The molecule has 9 heteroatoms. The number of carboxylic acids is 1. The number of carboxylic acid groups (broad SMARTS) is 1. The molecule has 182 valence electrons. The van der Waals surface area contributed by atoms with Crippen molar-refractivity contribution in [1.82, 2.24) is 5.32 Å². The Morgan fingerprint density at radius 2 is 1.74 bits per heavy atom. The SMILES string of the molecule is CC(=O)N[C@@H]1[C@@H](O[C@](C)(Cc2ccccc2)C(=O)O)[C@@H]2O[C@H](c3ccccc3)OC[C@H]2O[C@@H]1O. The average molecular weight is 472 g/mol. The Balaban J connectivity index is 1.66. The molecular weight excluding hydrogens is 442 g/mol. The number of aliphatic hydroxyl groups is 1. The minimum atomic E-state index is -1.67. The van der Waals surface area contributed by atoms with Crippen LogP contribution in [0.25, 0.3) is 0 Å². The number of rotatable bonds is 7. The van der Waals surface area contributed by atoms with Crippen molar-refractivity contribution in [1.29, 1.82) is 0 Å². The number of nitrogens with one attached hydrogen (secondary N) is 1. The lowest BCUT2D eigenvalue weighted by Gasteiger charge is -2.49. The molecule has 34 heavy (non-hydrogen) atoms. The number of aliphatic hydroxyl groups excluding tert-OH is 1. The number of carbonyl (C=O) groups excluding carboxylic acids is 1. The maximum Gasteiger partial charge on any atom is 0.336 e. The number of fused-ring (bicyclic) bond motifs is 1. The van der Waals surface area contributed by atoms with Gasteiger partial charge in [-0.05, 0) is 12.5 Å². The van der Waals surface area contributed by atoms with Crippen LogP contribution in [0, 0.1) is 0 Å². The summed E-state index contributed by atoms with van der Waals surface area (Å²) in [6.07, 6.45) is -4.67. The normalized spacial score (nSPS) is 30.6. The van der Waals surface area contributed by atoms with Gasteiger partial charge in [0.2, 0.25) is 5.91 Å². The molecule has 0 bridgehead atoms. The van der Waals surface area contributed by atoms with Gasteiger partial charge in [-0.25, -0.2) is 4.79 Å². The number of aliphatic carboxylic acids is 1. The lowest BCUT2D eigenvalue weighted by molar-refractivity contribution is -0.349. The molecule has 9 nitrogen and oxygen atoms in total. The first-order valence-corrected chi connectivity index (χ1v) is 11.1. The number of benzene rings is 2. The molecule has 0 unspecified atom stereocenters. The Morgan fingerprint density at radius 3 is 2.35 bits per heavy atom. The van der Waals surface area contributed by atoms with Crippen LogP contribution < -0.4 is 5.32 Å². The molecule has 2 aliphatic rings. The van der Waals surface area contributed by atoms with Gasteiger partial charge in [0.25, 0.3) is 0 Å². The van der Waals surface area contributed by atoms with E-state index in [1.54, 1.807) is 0 Å². The van der Waals surface area contributed by atoms with Crippen LogP contribution >= 0.6 is 0 Å². The lowest BCUT2D eigenvalue weighted by atomic mass is 9.91. The predicted molar refractivity (Wildman–Crippen MR) is 120 cm³/mol. The maximum absolute atomic E-state index is 12.4. The van der Waals surface area contributed by atoms with Crippen LogP contribution in [0.15, 0.2) is 60.7 Å². The maximum atomic E-state index is 12.4. The van der Waals surface area contributed by atoms with Gasteiger partial charge in [0.15, 0.2) is 18.2 Å². The highest BCUT2D eigenvalue weighted by Gasteiger charge is 2.53. The minimum Gasteiger partial charge on any atom is -0.479 e. The molecule has 2 aromatic rings. The van der Waals surface area contributed by atoms with E-state index < -0.39 is 54.4 Å². The second kappa shape index (κ2) is 10.2. The van der Waals surface area contributed by atoms with Gasteiger partial charge in [0, 0.05) is 18.9 Å². The van der Waals surface area contributed by atoms with E-state index in [2.05, 4.69) is 5.32 Å². The second-order valence-electron chi connectivity index (χ2n) is 8.75. The van der Waals surface area contributed by atoms with Gasteiger partial charge in [-0.1, -0.05) is 60.7 Å². The van der Waals surface area contributed by atoms with Crippen LogP contribution in [0.3, 0.4) is 0 Å². The molecule has 4 rings (SSSR count). The summed E-state index contributed by atoms with van der Waals surface area (Å²) in [4.78, 5) is 24.3. The number of hydrogen-bond acceptors (Lipinski definition) is 7. The molecule has 0 aliphatic carbocycles. The van der Waals surface area contributed by atoms with Gasteiger partial charge in [0.05, 0.1) is 6.61 Å². The molecule has 2 heterocycles. The van der Waals surface area contributed by atoms with E-state index in [4.69, 9.17) is 18.9 Å². The summed E-state index contributed by atoms with van der Waals surface area (Å²) in [6, 6.07) is 17.3. The minimum absolute atomic E-state index is 0.0689. The Hall–Kier alpha value is -2.82. The number of amides is 1. The molecule has 2 aromatic carbocycles. The van der Waals surface area contributed by atoms with Gasteiger partial charge in [0.1, 0.15) is 24.4 Å². The largest absolute Gasteiger partial charge is 0.479 e. The third-order valence-electron chi connectivity index (χ3n) is 6.03. The highest BCUT2D eigenvalue weighted by Crippen LogP contribution is 2.37. The van der Waals surface area contributed by atoms with Gasteiger partial charge in [-0.15, -0.1) is 0 Å². The standard InChI is InChI=1S/C25H29NO8/c1-15(27)26-19-21(34-25(2,24(29)30)13-16-9-5-3-6-10-16)20-18(32-22(19)28)14-31-23(33-20)17-11-7-4-8-12-17/h3-12,18-23,28H,13-14H2,1-2H3,(H,26,27)(H,29,30)/t18-,19-,20-,21-,22+,23-,25-/m1/s1. The molecule has 3 N–H and O–H groups in total. The highest BCUT2D eigenvalue weighted by atomic mass is 16.7. The van der Waals surface area contributed by atoms with Crippen LogP contribution in [0.2, 0.25) is 0 Å². The lowest BCUT2D eigenvalue weighted by Crippen LogP contribution is -2.68. The van der Waals surface area contributed by atoms with Crippen molar-refractivity contribution in [2.24, 2.45) is 0 Å².